The Labute approximate surface area is 199 Å². The largest absolute Gasteiger partial charge is 0.373 e. The van der Waals surface area contributed by atoms with Gasteiger partial charge in [-0.2, -0.15) is 0 Å². The smallest absolute Gasteiger partial charge is 0.244 e. The quantitative estimate of drug-likeness (QED) is 0.644. The third-order valence-corrected chi connectivity index (χ3v) is 7.27. The van der Waals surface area contributed by atoms with Gasteiger partial charge in [0.15, 0.2) is 11.7 Å². The molecule has 1 spiro atoms. The first-order valence-corrected chi connectivity index (χ1v) is 12.2. The maximum absolute atomic E-state index is 13.2. The number of nitrogens with one attached hydrogen (secondary N) is 2. The lowest BCUT2D eigenvalue weighted by Gasteiger charge is -2.28. The summed E-state index contributed by atoms with van der Waals surface area (Å²) in [5, 5.41) is 5.61. The van der Waals surface area contributed by atoms with Crippen LogP contribution in [0.3, 0.4) is 0 Å². The highest BCUT2D eigenvalue weighted by Crippen LogP contribution is 2.39. The molecule has 2 heterocycles. The molecule has 2 amide bonds. The maximum Gasteiger partial charge on any atom is 0.244 e. The van der Waals surface area contributed by atoms with E-state index in [1.165, 1.54) is 19.3 Å². The standard InChI is InChI=1S/C27H31N3O4/c31-24-23(25(32)28-20-9-11-21(12-10-20)30-15-5-2-6-16-30)26(33)29-27(24)14-13-22(17-27)34-18-19-7-3-1-4-8-19/h1,3-4,7-12,22-23H,2,5-6,13-18H2,(H,28,32)(H,29,33). The van der Waals surface area contributed by atoms with Crippen molar-refractivity contribution in [3.8, 4) is 0 Å². The van der Waals surface area contributed by atoms with E-state index in [1.54, 1.807) is 0 Å². The first-order chi connectivity index (χ1) is 16.5. The van der Waals surface area contributed by atoms with Crippen molar-refractivity contribution < 1.29 is 19.1 Å². The topological polar surface area (TPSA) is 87.7 Å². The number of piperidine rings is 1. The van der Waals surface area contributed by atoms with Crippen LogP contribution in [0.4, 0.5) is 11.4 Å². The van der Waals surface area contributed by atoms with Gasteiger partial charge in [0.25, 0.3) is 0 Å². The van der Waals surface area contributed by atoms with Crippen LogP contribution in [0.25, 0.3) is 0 Å². The molecule has 178 valence electrons. The number of carbonyl (C=O) groups excluding carboxylic acids is 3. The predicted octanol–water partition coefficient (Wildman–Crippen LogP) is 3.44. The van der Waals surface area contributed by atoms with Gasteiger partial charge in [0.05, 0.1) is 12.7 Å². The first-order valence-electron chi connectivity index (χ1n) is 12.2. The summed E-state index contributed by atoms with van der Waals surface area (Å²) in [6.45, 7) is 2.54. The molecule has 2 saturated heterocycles. The second-order valence-corrected chi connectivity index (χ2v) is 9.61. The molecule has 5 rings (SSSR count). The molecule has 0 bridgehead atoms. The Morgan fingerprint density at radius 1 is 1.03 bits per heavy atom. The number of rotatable bonds is 6. The molecule has 3 fully saturated rings. The van der Waals surface area contributed by atoms with E-state index < -0.39 is 23.3 Å². The molecule has 3 aliphatic rings. The van der Waals surface area contributed by atoms with Crippen molar-refractivity contribution in [1.82, 2.24) is 5.32 Å². The van der Waals surface area contributed by atoms with Crippen molar-refractivity contribution >= 4 is 29.0 Å². The molecule has 2 aromatic carbocycles. The van der Waals surface area contributed by atoms with Crippen molar-refractivity contribution in [3.63, 3.8) is 0 Å². The highest BCUT2D eigenvalue weighted by molar-refractivity contribution is 6.27. The monoisotopic (exact) mass is 461 g/mol. The summed E-state index contributed by atoms with van der Waals surface area (Å²) in [4.78, 5) is 41.2. The second-order valence-electron chi connectivity index (χ2n) is 9.61. The minimum Gasteiger partial charge on any atom is -0.373 e. The summed E-state index contributed by atoms with van der Waals surface area (Å²) in [5.41, 5.74) is 1.77. The van der Waals surface area contributed by atoms with Crippen LogP contribution in [0, 0.1) is 5.92 Å². The fraction of sp³-hybridized carbons (Fsp3) is 0.444. The van der Waals surface area contributed by atoms with Crippen molar-refractivity contribution in [3.05, 3.63) is 60.2 Å². The summed E-state index contributed by atoms with van der Waals surface area (Å²) >= 11 is 0. The van der Waals surface area contributed by atoms with Crippen LogP contribution in [0.2, 0.25) is 0 Å². The molecule has 1 saturated carbocycles. The number of nitrogens with zero attached hydrogens (tertiary/aromatic N) is 1. The van der Waals surface area contributed by atoms with Gasteiger partial charge in [-0.3, -0.25) is 14.4 Å². The number of Topliss-reactive ketones (excluding diaryl/α,β-unsaturated/α-hetero) is 1. The van der Waals surface area contributed by atoms with E-state index in [4.69, 9.17) is 4.74 Å². The van der Waals surface area contributed by atoms with Gasteiger partial charge in [-0.1, -0.05) is 30.3 Å². The Hall–Kier alpha value is -3.19. The number of benzene rings is 2. The molecular formula is C27H31N3O4. The van der Waals surface area contributed by atoms with Crippen molar-refractivity contribution in [2.75, 3.05) is 23.3 Å². The molecule has 0 aromatic heterocycles. The van der Waals surface area contributed by atoms with Gasteiger partial charge >= 0.3 is 0 Å². The Kier molecular flexibility index (Phi) is 6.37. The molecule has 7 nitrogen and oxygen atoms in total. The Balaban J connectivity index is 1.19. The summed E-state index contributed by atoms with van der Waals surface area (Å²) in [7, 11) is 0. The van der Waals surface area contributed by atoms with E-state index >= 15 is 0 Å². The fourth-order valence-corrected chi connectivity index (χ4v) is 5.39. The van der Waals surface area contributed by atoms with Gasteiger partial charge < -0.3 is 20.3 Å². The normalized spacial score (nSPS) is 26.6. The number of amides is 2. The van der Waals surface area contributed by atoms with Crippen LogP contribution >= 0.6 is 0 Å². The van der Waals surface area contributed by atoms with Gasteiger partial charge in [0.2, 0.25) is 11.8 Å². The van der Waals surface area contributed by atoms with Crippen molar-refractivity contribution in [1.29, 1.82) is 0 Å². The van der Waals surface area contributed by atoms with Gasteiger partial charge in [0, 0.05) is 30.9 Å². The molecule has 3 unspecified atom stereocenters. The molecule has 2 N–H and O–H groups in total. The molecule has 34 heavy (non-hydrogen) atoms. The molecule has 1 aliphatic carbocycles. The summed E-state index contributed by atoms with van der Waals surface area (Å²) in [6.07, 6.45) is 5.08. The third-order valence-electron chi connectivity index (χ3n) is 7.27. The minimum absolute atomic E-state index is 0.131. The zero-order valence-electron chi connectivity index (χ0n) is 19.3. The van der Waals surface area contributed by atoms with Crippen LogP contribution in [-0.2, 0) is 25.7 Å². The Morgan fingerprint density at radius 3 is 2.50 bits per heavy atom. The summed E-state index contributed by atoms with van der Waals surface area (Å²) in [6, 6.07) is 17.5. The second kappa shape index (κ2) is 9.58. The van der Waals surface area contributed by atoms with Gasteiger partial charge in [0.1, 0.15) is 5.54 Å². The van der Waals surface area contributed by atoms with Crippen LogP contribution in [-0.4, -0.2) is 42.3 Å². The average Bonchev–Trinajstić information content (AvgIpc) is 3.39. The molecule has 3 atom stereocenters. The third kappa shape index (κ3) is 4.57. The van der Waals surface area contributed by atoms with E-state index in [0.717, 1.165) is 24.3 Å². The van der Waals surface area contributed by atoms with E-state index in [0.29, 0.717) is 31.6 Å². The zero-order chi connectivity index (χ0) is 23.5. The lowest BCUT2D eigenvalue weighted by atomic mass is 9.89. The van der Waals surface area contributed by atoms with E-state index in [-0.39, 0.29) is 11.9 Å². The van der Waals surface area contributed by atoms with Gasteiger partial charge in [-0.25, -0.2) is 0 Å². The zero-order valence-corrected chi connectivity index (χ0v) is 19.3. The maximum atomic E-state index is 13.2. The van der Waals surface area contributed by atoms with Crippen LogP contribution in [0.5, 0.6) is 0 Å². The number of hydrogen-bond donors (Lipinski definition) is 2. The number of ketones is 1. The predicted molar refractivity (Wildman–Crippen MR) is 129 cm³/mol. The number of hydrogen-bond acceptors (Lipinski definition) is 5. The van der Waals surface area contributed by atoms with Crippen LogP contribution in [0.1, 0.15) is 44.1 Å². The summed E-state index contributed by atoms with van der Waals surface area (Å²) < 4.78 is 6.00. The van der Waals surface area contributed by atoms with E-state index in [1.807, 2.05) is 54.6 Å². The summed E-state index contributed by atoms with van der Waals surface area (Å²) in [5.74, 6) is -2.75. The van der Waals surface area contributed by atoms with Crippen molar-refractivity contribution in [2.45, 2.75) is 56.8 Å². The lowest BCUT2D eigenvalue weighted by molar-refractivity contribution is -0.135. The fourth-order valence-electron chi connectivity index (χ4n) is 5.39. The molecule has 2 aromatic rings. The number of ether oxygens (including phenoxy) is 1. The highest BCUT2D eigenvalue weighted by atomic mass is 16.5. The van der Waals surface area contributed by atoms with E-state index in [9.17, 15) is 14.4 Å². The molecule has 7 heteroatoms. The highest BCUT2D eigenvalue weighted by Gasteiger charge is 2.58. The minimum atomic E-state index is -1.32. The van der Waals surface area contributed by atoms with Gasteiger partial charge in [-0.15, -0.1) is 0 Å². The average molecular weight is 462 g/mol. The van der Waals surface area contributed by atoms with Crippen molar-refractivity contribution in [2.24, 2.45) is 5.92 Å². The van der Waals surface area contributed by atoms with Crippen LogP contribution in [0.15, 0.2) is 54.6 Å². The molecular weight excluding hydrogens is 430 g/mol. The molecule has 2 aliphatic heterocycles. The van der Waals surface area contributed by atoms with E-state index in [2.05, 4.69) is 15.5 Å². The Bertz CT molecular complexity index is 1050. The van der Waals surface area contributed by atoms with Crippen LogP contribution < -0.4 is 15.5 Å². The molecule has 0 radical (unpaired) electrons. The first kappa shape index (κ1) is 22.6. The number of anilines is 2. The number of carbonyl (C=O) groups is 3. The SMILES string of the molecule is O=C(Nc1ccc(N2CCCCC2)cc1)C1C(=O)NC2(CCC(OCc3ccccc3)C2)C1=O. The van der Waals surface area contributed by atoms with Gasteiger partial charge in [-0.05, 0) is 61.9 Å². The lowest BCUT2D eigenvalue weighted by Crippen LogP contribution is -2.45. The Morgan fingerprint density at radius 2 is 1.76 bits per heavy atom.